The third-order valence-electron chi connectivity index (χ3n) is 4.80. The van der Waals surface area contributed by atoms with E-state index >= 15 is 0 Å². The van der Waals surface area contributed by atoms with Crippen molar-refractivity contribution in [1.82, 2.24) is 10.2 Å². The summed E-state index contributed by atoms with van der Waals surface area (Å²) < 4.78 is 0. The second kappa shape index (κ2) is 9.76. The molecule has 2 aromatic carbocycles. The van der Waals surface area contributed by atoms with Crippen molar-refractivity contribution >= 4 is 17.6 Å². The van der Waals surface area contributed by atoms with Gasteiger partial charge in [-0.1, -0.05) is 42.5 Å². The quantitative estimate of drug-likeness (QED) is 0.737. The molecule has 0 unspecified atom stereocenters. The Hall–Kier alpha value is -2.82. The highest BCUT2D eigenvalue weighted by Gasteiger charge is 2.17. The molecule has 0 atom stereocenters. The van der Waals surface area contributed by atoms with Gasteiger partial charge in [-0.15, -0.1) is 0 Å². The van der Waals surface area contributed by atoms with Crippen LogP contribution in [0.15, 0.2) is 54.6 Å². The van der Waals surface area contributed by atoms with Crippen LogP contribution in [0.25, 0.3) is 0 Å². The molecule has 0 aromatic heterocycles. The largest absolute Gasteiger partial charge is 0.342 e. The Morgan fingerprint density at radius 3 is 2.30 bits per heavy atom. The third kappa shape index (κ3) is 6.13. The fourth-order valence-corrected chi connectivity index (χ4v) is 3.27. The number of carbonyl (C=O) groups is 2. The molecule has 0 spiro atoms. The monoisotopic (exact) mass is 365 g/mol. The van der Waals surface area contributed by atoms with Crippen molar-refractivity contribution in [2.45, 2.75) is 32.1 Å². The number of rotatable bonds is 7. The molecule has 1 aliphatic rings. The molecule has 2 aromatic rings. The van der Waals surface area contributed by atoms with E-state index in [0.717, 1.165) is 50.0 Å². The van der Waals surface area contributed by atoms with Crippen molar-refractivity contribution in [3.05, 3.63) is 65.7 Å². The molecule has 3 rings (SSSR count). The fourth-order valence-electron chi connectivity index (χ4n) is 3.27. The molecule has 1 heterocycles. The average Bonchev–Trinajstić information content (AvgIpc) is 3.23. The zero-order valence-electron chi connectivity index (χ0n) is 15.6. The molecule has 142 valence electrons. The molecule has 0 saturated carbocycles. The van der Waals surface area contributed by atoms with E-state index in [2.05, 4.69) is 22.8 Å². The maximum absolute atomic E-state index is 12.2. The van der Waals surface area contributed by atoms with E-state index < -0.39 is 0 Å². The summed E-state index contributed by atoms with van der Waals surface area (Å²) in [7, 11) is 0. The van der Waals surface area contributed by atoms with Crippen LogP contribution in [0.5, 0.6) is 0 Å². The highest BCUT2D eigenvalue weighted by molar-refractivity contribution is 5.89. The lowest BCUT2D eigenvalue weighted by Gasteiger charge is -2.15. The van der Waals surface area contributed by atoms with Crippen LogP contribution in [0.4, 0.5) is 10.5 Å². The molecular weight excluding hydrogens is 338 g/mol. The van der Waals surface area contributed by atoms with E-state index in [1.165, 1.54) is 5.56 Å². The summed E-state index contributed by atoms with van der Waals surface area (Å²) in [6, 6.07) is 17.5. The maximum atomic E-state index is 12.2. The van der Waals surface area contributed by atoms with Gasteiger partial charge in [-0.2, -0.15) is 0 Å². The highest BCUT2D eigenvalue weighted by atomic mass is 16.2. The minimum absolute atomic E-state index is 0.185. The Morgan fingerprint density at radius 1 is 0.889 bits per heavy atom. The summed E-state index contributed by atoms with van der Waals surface area (Å²) in [6.45, 7) is 2.38. The molecule has 0 bridgehead atoms. The van der Waals surface area contributed by atoms with E-state index in [9.17, 15) is 9.59 Å². The van der Waals surface area contributed by atoms with Crippen LogP contribution in [0.3, 0.4) is 0 Å². The van der Waals surface area contributed by atoms with Crippen LogP contribution < -0.4 is 10.6 Å². The van der Waals surface area contributed by atoms with Gasteiger partial charge in [0.2, 0.25) is 5.91 Å². The number of hydrogen-bond donors (Lipinski definition) is 2. The Balaban J connectivity index is 1.37. The summed E-state index contributed by atoms with van der Waals surface area (Å²) in [6.07, 6.45) is 4.48. The van der Waals surface area contributed by atoms with Gasteiger partial charge < -0.3 is 15.5 Å². The number of aryl methyl sites for hydroxylation is 1. The smallest absolute Gasteiger partial charge is 0.319 e. The lowest BCUT2D eigenvalue weighted by Crippen LogP contribution is -2.30. The number of nitrogens with zero attached hydrogens (tertiary/aromatic N) is 1. The van der Waals surface area contributed by atoms with E-state index in [0.29, 0.717) is 13.0 Å². The van der Waals surface area contributed by atoms with Crippen molar-refractivity contribution in [3.63, 3.8) is 0 Å². The molecule has 1 aliphatic heterocycles. The van der Waals surface area contributed by atoms with Crippen LogP contribution in [0.1, 0.15) is 30.4 Å². The number of amides is 3. The molecule has 2 N–H and O–H groups in total. The zero-order chi connectivity index (χ0) is 18.9. The van der Waals surface area contributed by atoms with Crippen molar-refractivity contribution in [3.8, 4) is 0 Å². The SMILES string of the molecule is O=C(NCCCc1ccccc1)Nc1ccc(CC(=O)N2CCCC2)cc1. The van der Waals surface area contributed by atoms with Crippen molar-refractivity contribution in [2.75, 3.05) is 25.0 Å². The number of urea groups is 1. The number of hydrogen-bond acceptors (Lipinski definition) is 2. The van der Waals surface area contributed by atoms with E-state index in [4.69, 9.17) is 0 Å². The molecular formula is C22H27N3O2. The average molecular weight is 365 g/mol. The number of benzene rings is 2. The van der Waals surface area contributed by atoms with Gasteiger partial charge in [0.25, 0.3) is 0 Å². The van der Waals surface area contributed by atoms with Gasteiger partial charge in [-0.3, -0.25) is 4.79 Å². The Kier molecular flexibility index (Phi) is 6.85. The number of carbonyl (C=O) groups excluding carboxylic acids is 2. The second-order valence-electron chi connectivity index (χ2n) is 6.93. The lowest BCUT2D eigenvalue weighted by atomic mass is 10.1. The molecule has 0 aliphatic carbocycles. The van der Waals surface area contributed by atoms with Gasteiger partial charge >= 0.3 is 6.03 Å². The van der Waals surface area contributed by atoms with E-state index in [1.54, 1.807) is 0 Å². The van der Waals surface area contributed by atoms with E-state index in [-0.39, 0.29) is 11.9 Å². The predicted octanol–water partition coefficient (Wildman–Crippen LogP) is 3.61. The second-order valence-corrected chi connectivity index (χ2v) is 6.93. The minimum atomic E-state index is -0.205. The zero-order valence-corrected chi connectivity index (χ0v) is 15.6. The summed E-state index contributed by atoms with van der Waals surface area (Å²) in [4.78, 5) is 26.1. The molecule has 5 nitrogen and oxygen atoms in total. The van der Waals surface area contributed by atoms with Gasteiger partial charge in [0.15, 0.2) is 0 Å². The number of likely N-dealkylation sites (tertiary alicyclic amines) is 1. The van der Waals surface area contributed by atoms with Gasteiger partial charge in [-0.05, 0) is 48.9 Å². The first kappa shape index (κ1) is 19.0. The number of nitrogens with one attached hydrogen (secondary N) is 2. The Bertz CT molecular complexity index is 738. The number of anilines is 1. The summed E-state index contributed by atoms with van der Waals surface area (Å²) in [5.41, 5.74) is 2.98. The Labute approximate surface area is 160 Å². The lowest BCUT2D eigenvalue weighted by molar-refractivity contribution is -0.129. The predicted molar refractivity (Wildman–Crippen MR) is 108 cm³/mol. The fraction of sp³-hybridized carbons (Fsp3) is 0.364. The van der Waals surface area contributed by atoms with Gasteiger partial charge in [0, 0.05) is 25.3 Å². The standard InChI is InChI=1S/C22H27N3O2/c26-21(25-15-4-5-16-25)17-19-10-12-20(13-11-19)24-22(27)23-14-6-9-18-7-2-1-3-8-18/h1-3,7-8,10-13H,4-6,9,14-17H2,(H2,23,24,27). The van der Waals surface area contributed by atoms with Gasteiger partial charge in [0.1, 0.15) is 0 Å². The highest BCUT2D eigenvalue weighted by Crippen LogP contribution is 2.13. The van der Waals surface area contributed by atoms with Gasteiger partial charge in [0.05, 0.1) is 6.42 Å². The van der Waals surface area contributed by atoms with Crippen LogP contribution in [0.2, 0.25) is 0 Å². The van der Waals surface area contributed by atoms with Crippen LogP contribution in [-0.2, 0) is 17.6 Å². The van der Waals surface area contributed by atoms with Crippen LogP contribution in [0, 0.1) is 0 Å². The molecule has 1 fully saturated rings. The van der Waals surface area contributed by atoms with Gasteiger partial charge in [-0.25, -0.2) is 4.79 Å². The third-order valence-corrected chi connectivity index (χ3v) is 4.80. The first-order chi connectivity index (χ1) is 13.2. The van der Waals surface area contributed by atoms with Crippen LogP contribution >= 0.6 is 0 Å². The van der Waals surface area contributed by atoms with E-state index in [1.807, 2.05) is 47.4 Å². The Morgan fingerprint density at radius 2 is 1.59 bits per heavy atom. The molecule has 3 amide bonds. The first-order valence-electron chi connectivity index (χ1n) is 9.66. The van der Waals surface area contributed by atoms with Crippen molar-refractivity contribution < 1.29 is 9.59 Å². The maximum Gasteiger partial charge on any atom is 0.319 e. The molecule has 1 saturated heterocycles. The topological polar surface area (TPSA) is 61.4 Å². The summed E-state index contributed by atoms with van der Waals surface area (Å²) >= 11 is 0. The molecule has 27 heavy (non-hydrogen) atoms. The molecule has 0 radical (unpaired) electrons. The first-order valence-corrected chi connectivity index (χ1v) is 9.66. The summed E-state index contributed by atoms with van der Waals surface area (Å²) in [5.74, 6) is 0.185. The normalized spacial score (nSPS) is 13.4. The molecule has 5 heteroatoms. The van der Waals surface area contributed by atoms with Crippen molar-refractivity contribution in [2.24, 2.45) is 0 Å². The summed E-state index contributed by atoms with van der Waals surface area (Å²) in [5, 5.41) is 5.71. The van der Waals surface area contributed by atoms with Crippen LogP contribution in [-0.4, -0.2) is 36.5 Å². The minimum Gasteiger partial charge on any atom is -0.342 e. The van der Waals surface area contributed by atoms with Crippen molar-refractivity contribution in [1.29, 1.82) is 0 Å².